The van der Waals surface area contributed by atoms with E-state index in [0.717, 1.165) is 6.42 Å². The van der Waals surface area contributed by atoms with Gasteiger partial charge in [-0.1, -0.05) is 12.1 Å². The number of nitrogens with zero attached hydrogens (tertiary/aromatic N) is 1. The molecule has 2 amide bonds. The van der Waals surface area contributed by atoms with Crippen LogP contribution in [0.25, 0.3) is 0 Å². The largest absolute Gasteiger partial charge is 0.496 e. The molecule has 1 aromatic carbocycles. The van der Waals surface area contributed by atoms with Crippen LogP contribution in [0.4, 0.5) is 0 Å². The van der Waals surface area contributed by atoms with Gasteiger partial charge in [-0.05, 0) is 18.6 Å². The van der Waals surface area contributed by atoms with Crippen molar-refractivity contribution in [2.45, 2.75) is 13.3 Å². The van der Waals surface area contributed by atoms with Crippen molar-refractivity contribution in [1.29, 1.82) is 0 Å². The number of rotatable bonds is 9. The first-order valence-corrected chi connectivity index (χ1v) is 7.25. The molecule has 0 aliphatic carbocycles. The second kappa shape index (κ2) is 9.78. The lowest BCUT2D eigenvalue weighted by atomic mass is 10.2. The quantitative estimate of drug-likeness (QED) is 0.699. The molecule has 0 saturated carbocycles. The third-order valence-electron chi connectivity index (χ3n) is 3.24. The second-order valence-corrected chi connectivity index (χ2v) is 4.81. The molecule has 1 N–H and O–H groups in total. The Bertz CT molecular complexity index is 491. The van der Waals surface area contributed by atoms with Crippen molar-refractivity contribution in [2.75, 3.05) is 40.5 Å². The zero-order valence-electron chi connectivity index (χ0n) is 13.4. The Hall–Kier alpha value is -2.08. The zero-order valence-corrected chi connectivity index (χ0v) is 13.4. The highest BCUT2D eigenvalue weighted by atomic mass is 16.5. The van der Waals surface area contributed by atoms with Crippen LogP contribution >= 0.6 is 0 Å². The van der Waals surface area contributed by atoms with Crippen LogP contribution in [-0.2, 0) is 9.53 Å². The normalized spacial score (nSPS) is 10.1. The molecule has 6 nitrogen and oxygen atoms in total. The maximum Gasteiger partial charge on any atom is 0.255 e. The van der Waals surface area contributed by atoms with E-state index in [1.54, 1.807) is 30.2 Å². The molecule has 0 bridgehead atoms. The van der Waals surface area contributed by atoms with Crippen LogP contribution in [0.3, 0.4) is 0 Å². The van der Waals surface area contributed by atoms with E-state index in [1.165, 1.54) is 14.0 Å². The first-order valence-electron chi connectivity index (χ1n) is 7.25. The van der Waals surface area contributed by atoms with Crippen LogP contribution in [0.5, 0.6) is 5.75 Å². The molecule has 1 rings (SSSR count). The number of carbonyl (C=O) groups excluding carboxylic acids is 2. The molecule has 1 aromatic rings. The Morgan fingerprint density at radius 3 is 2.55 bits per heavy atom. The number of benzene rings is 1. The van der Waals surface area contributed by atoms with Gasteiger partial charge in [0, 0.05) is 40.3 Å². The minimum atomic E-state index is -0.210. The van der Waals surface area contributed by atoms with E-state index in [9.17, 15) is 9.59 Å². The van der Waals surface area contributed by atoms with Crippen molar-refractivity contribution in [3.8, 4) is 5.75 Å². The fourth-order valence-electron chi connectivity index (χ4n) is 2.06. The van der Waals surface area contributed by atoms with Gasteiger partial charge in [-0.15, -0.1) is 0 Å². The maximum atomic E-state index is 12.1. The van der Waals surface area contributed by atoms with Gasteiger partial charge in [0.1, 0.15) is 5.75 Å². The lowest BCUT2D eigenvalue weighted by Crippen LogP contribution is -2.38. The van der Waals surface area contributed by atoms with Crippen molar-refractivity contribution in [3.05, 3.63) is 29.8 Å². The van der Waals surface area contributed by atoms with Crippen LogP contribution in [-0.4, -0.2) is 57.2 Å². The smallest absolute Gasteiger partial charge is 0.255 e. The molecule has 0 fully saturated rings. The molecule has 0 radical (unpaired) electrons. The number of hydrogen-bond acceptors (Lipinski definition) is 4. The molecule has 6 heteroatoms. The summed E-state index contributed by atoms with van der Waals surface area (Å²) in [5.41, 5.74) is 0.485. The van der Waals surface area contributed by atoms with Gasteiger partial charge in [-0.25, -0.2) is 0 Å². The Labute approximate surface area is 131 Å². The van der Waals surface area contributed by atoms with Gasteiger partial charge >= 0.3 is 0 Å². The number of hydrogen-bond donors (Lipinski definition) is 1. The molecule has 0 aliphatic heterocycles. The molecule has 0 aliphatic rings. The first-order chi connectivity index (χ1) is 10.6. The summed E-state index contributed by atoms with van der Waals surface area (Å²) < 4.78 is 10.1. The number of ether oxygens (including phenoxy) is 2. The lowest BCUT2D eigenvalue weighted by molar-refractivity contribution is -0.129. The van der Waals surface area contributed by atoms with Crippen LogP contribution < -0.4 is 10.1 Å². The van der Waals surface area contributed by atoms with Crippen LogP contribution in [0.15, 0.2) is 24.3 Å². The maximum absolute atomic E-state index is 12.1. The zero-order chi connectivity index (χ0) is 16.4. The van der Waals surface area contributed by atoms with Gasteiger partial charge in [-0.2, -0.15) is 0 Å². The molecule has 0 unspecified atom stereocenters. The summed E-state index contributed by atoms with van der Waals surface area (Å²) in [5, 5.41) is 2.81. The van der Waals surface area contributed by atoms with E-state index in [4.69, 9.17) is 9.47 Å². The molecule has 0 atom stereocenters. The van der Waals surface area contributed by atoms with E-state index in [0.29, 0.717) is 37.6 Å². The monoisotopic (exact) mass is 308 g/mol. The third-order valence-corrected chi connectivity index (χ3v) is 3.24. The van der Waals surface area contributed by atoms with Gasteiger partial charge in [0.25, 0.3) is 5.91 Å². The van der Waals surface area contributed by atoms with Crippen molar-refractivity contribution in [2.24, 2.45) is 0 Å². The minimum absolute atomic E-state index is 0.0114. The van der Waals surface area contributed by atoms with Crippen molar-refractivity contribution < 1.29 is 19.1 Å². The van der Waals surface area contributed by atoms with Gasteiger partial charge in [0.15, 0.2) is 0 Å². The van der Waals surface area contributed by atoms with E-state index >= 15 is 0 Å². The molecular weight excluding hydrogens is 284 g/mol. The highest BCUT2D eigenvalue weighted by Crippen LogP contribution is 2.16. The standard InChI is InChI=1S/C16H24N2O4/c1-13(19)18(10-6-12-21-2)11-9-17-16(20)14-7-4-5-8-15(14)22-3/h4-5,7-8H,6,9-12H2,1-3H3,(H,17,20). The van der Waals surface area contributed by atoms with Gasteiger partial charge in [0.05, 0.1) is 12.7 Å². The van der Waals surface area contributed by atoms with Crippen LogP contribution in [0.1, 0.15) is 23.7 Å². The summed E-state index contributed by atoms with van der Waals surface area (Å²) in [6.07, 6.45) is 0.774. The van der Waals surface area contributed by atoms with Crippen LogP contribution in [0.2, 0.25) is 0 Å². The summed E-state index contributed by atoms with van der Waals surface area (Å²) in [7, 11) is 3.16. The molecule has 0 saturated heterocycles. The molecule has 0 heterocycles. The highest BCUT2D eigenvalue weighted by molar-refractivity contribution is 5.96. The van der Waals surface area contributed by atoms with Gasteiger partial charge in [0.2, 0.25) is 5.91 Å². The summed E-state index contributed by atoms with van der Waals surface area (Å²) >= 11 is 0. The van der Waals surface area contributed by atoms with E-state index in [2.05, 4.69) is 5.32 Å². The van der Waals surface area contributed by atoms with Crippen molar-refractivity contribution in [3.63, 3.8) is 0 Å². The molecule has 122 valence electrons. The predicted molar refractivity (Wildman–Crippen MR) is 84.1 cm³/mol. The number of para-hydroxylation sites is 1. The number of amides is 2. The SMILES string of the molecule is COCCCN(CCNC(=O)c1ccccc1OC)C(C)=O. The molecule has 22 heavy (non-hydrogen) atoms. The summed E-state index contributed by atoms with van der Waals surface area (Å²) in [4.78, 5) is 25.4. The Morgan fingerprint density at radius 2 is 1.91 bits per heavy atom. The van der Waals surface area contributed by atoms with E-state index in [-0.39, 0.29) is 11.8 Å². The number of carbonyl (C=O) groups is 2. The third kappa shape index (κ3) is 5.73. The minimum Gasteiger partial charge on any atom is -0.496 e. The average molecular weight is 308 g/mol. The fourth-order valence-corrected chi connectivity index (χ4v) is 2.06. The molecule has 0 spiro atoms. The number of methoxy groups -OCH3 is 2. The Morgan fingerprint density at radius 1 is 1.18 bits per heavy atom. The number of nitrogens with one attached hydrogen (secondary N) is 1. The molecule has 0 aromatic heterocycles. The fraction of sp³-hybridized carbons (Fsp3) is 0.500. The van der Waals surface area contributed by atoms with Crippen LogP contribution in [0, 0.1) is 0 Å². The van der Waals surface area contributed by atoms with Crippen molar-refractivity contribution in [1.82, 2.24) is 10.2 Å². The Balaban J connectivity index is 2.47. The summed E-state index contributed by atoms with van der Waals surface area (Å²) in [5.74, 6) is 0.309. The van der Waals surface area contributed by atoms with Crippen molar-refractivity contribution >= 4 is 11.8 Å². The Kier molecular flexibility index (Phi) is 7.99. The predicted octanol–water partition coefficient (Wildman–Crippen LogP) is 1.31. The van der Waals surface area contributed by atoms with Gasteiger partial charge < -0.3 is 19.7 Å². The van der Waals surface area contributed by atoms with E-state index < -0.39 is 0 Å². The second-order valence-electron chi connectivity index (χ2n) is 4.81. The molecular formula is C16H24N2O4. The average Bonchev–Trinajstić information content (AvgIpc) is 2.53. The highest BCUT2D eigenvalue weighted by Gasteiger charge is 2.12. The topological polar surface area (TPSA) is 67.9 Å². The lowest BCUT2D eigenvalue weighted by Gasteiger charge is -2.21. The first kappa shape index (κ1) is 18.0. The van der Waals surface area contributed by atoms with Gasteiger partial charge in [-0.3, -0.25) is 9.59 Å². The summed E-state index contributed by atoms with van der Waals surface area (Å²) in [6, 6.07) is 7.03. The summed E-state index contributed by atoms with van der Waals surface area (Å²) in [6.45, 7) is 3.61. The van der Waals surface area contributed by atoms with E-state index in [1.807, 2.05) is 6.07 Å².